The summed E-state index contributed by atoms with van der Waals surface area (Å²) in [4.78, 5) is 16.3. The molecule has 1 aliphatic heterocycles. The largest absolute Gasteiger partial charge is 0.458 e. The molecule has 1 aliphatic rings. The minimum absolute atomic E-state index is 0.150. The highest BCUT2D eigenvalue weighted by Gasteiger charge is 2.28. The summed E-state index contributed by atoms with van der Waals surface area (Å²) < 4.78 is 19.2. The van der Waals surface area contributed by atoms with Crippen molar-refractivity contribution in [3.8, 4) is 0 Å². The predicted octanol–water partition coefficient (Wildman–Crippen LogP) is 2.30. The minimum Gasteiger partial charge on any atom is -0.458 e. The fraction of sp³-hybridized carbons (Fsp3) is 0.375. The monoisotopic (exact) mass is 318 g/mol. The normalized spacial score (nSPS) is 20.7. The molecule has 1 aromatic heterocycles. The summed E-state index contributed by atoms with van der Waals surface area (Å²) in [6, 6.07) is 7.77. The molecule has 3 rings (SSSR count). The Kier molecular flexibility index (Phi) is 4.11. The molecule has 0 fully saturated rings. The van der Waals surface area contributed by atoms with Gasteiger partial charge in [-0.2, -0.15) is 0 Å². The number of esters is 1. The van der Waals surface area contributed by atoms with Gasteiger partial charge in [-0.05, 0) is 25.0 Å². The molecular weight excluding hydrogens is 300 g/mol. The second-order valence-electron chi connectivity index (χ2n) is 5.61. The van der Waals surface area contributed by atoms with Crippen molar-refractivity contribution in [1.82, 2.24) is 9.55 Å². The van der Waals surface area contributed by atoms with Crippen LogP contribution in [0.15, 0.2) is 36.8 Å². The number of aromatic nitrogens is 2. The summed E-state index contributed by atoms with van der Waals surface area (Å²) in [6.07, 6.45) is 2.93. The zero-order chi connectivity index (χ0) is 15.7. The molecule has 0 aliphatic carbocycles. The van der Waals surface area contributed by atoms with Crippen molar-refractivity contribution >= 4 is 16.8 Å². The number of benzene rings is 1. The van der Waals surface area contributed by atoms with Crippen LogP contribution in [0.4, 0.5) is 0 Å². The van der Waals surface area contributed by atoms with Gasteiger partial charge in [-0.1, -0.05) is 24.3 Å². The molecule has 5 nitrogen and oxygen atoms in total. The SMILES string of the molecule is CC(C)OC(=O)c1cncn1C1CS(=O)Cc2ccccc21. The Labute approximate surface area is 131 Å². The van der Waals surface area contributed by atoms with E-state index in [1.807, 2.05) is 38.1 Å². The highest BCUT2D eigenvalue weighted by Crippen LogP contribution is 2.30. The highest BCUT2D eigenvalue weighted by atomic mass is 32.2. The number of carbonyl (C=O) groups excluding carboxylic acids is 1. The Bertz CT molecular complexity index is 724. The van der Waals surface area contributed by atoms with Crippen molar-refractivity contribution in [1.29, 1.82) is 0 Å². The smallest absolute Gasteiger partial charge is 0.356 e. The highest BCUT2D eigenvalue weighted by molar-refractivity contribution is 7.84. The third-order valence-electron chi connectivity index (χ3n) is 3.63. The van der Waals surface area contributed by atoms with Gasteiger partial charge in [0.1, 0.15) is 5.69 Å². The quantitative estimate of drug-likeness (QED) is 0.815. The first-order chi connectivity index (χ1) is 10.6. The van der Waals surface area contributed by atoms with Crippen molar-refractivity contribution in [2.45, 2.75) is 31.7 Å². The summed E-state index contributed by atoms with van der Waals surface area (Å²) in [7, 11) is -0.949. The number of hydrogen-bond donors (Lipinski definition) is 0. The van der Waals surface area contributed by atoms with Gasteiger partial charge in [-0.3, -0.25) is 4.21 Å². The molecule has 6 heteroatoms. The molecule has 0 amide bonds. The van der Waals surface area contributed by atoms with E-state index in [4.69, 9.17) is 4.74 Å². The number of imidazole rings is 1. The van der Waals surface area contributed by atoms with Gasteiger partial charge in [0.2, 0.25) is 0 Å². The summed E-state index contributed by atoms with van der Waals surface area (Å²) in [5.41, 5.74) is 2.56. The van der Waals surface area contributed by atoms with Gasteiger partial charge in [0.15, 0.2) is 0 Å². The van der Waals surface area contributed by atoms with Gasteiger partial charge < -0.3 is 9.30 Å². The Hall–Kier alpha value is -1.95. The summed E-state index contributed by atoms with van der Waals surface area (Å²) in [5, 5.41) is 0. The van der Waals surface area contributed by atoms with Crippen LogP contribution < -0.4 is 0 Å². The van der Waals surface area contributed by atoms with E-state index in [1.54, 1.807) is 10.9 Å². The van der Waals surface area contributed by atoms with Gasteiger partial charge in [0.05, 0.1) is 24.7 Å². The van der Waals surface area contributed by atoms with Crippen LogP contribution in [0, 0.1) is 0 Å². The van der Waals surface area contributed by atoms with Crippen molar-refractivity contribution in [2.75, 3.05) is 5.75 Å². The molecule has 116 valence electrons. The molecule has 0 saturated heterocycles. The molecule has 0 spiro atoms. The van der Waals surface area contributed by atoms with Crippen LogP contribution >= 0.6 is 0 Å². The summed E-state index contributed by atoms with van der Waals surface area (Å²) in [5.74, 6) is 0.643. The average Bonchev–Trinajstić information content (AvgIpc) is 2.95. The second-order valence-corrected chi connectivity index (χ2v) is 7.11. The molecule has 0 saturated carbocycles. The first-order valence-electron chi connectivity index (χ1n) is 7.22. The molecule has 2 atom stereocenters. The molecule has 2 aromatic rings. The van der Waals surface area contributed by atoms with E-state index in [0.29, 0.717) is 17.2 Å². The van der Waals surface area contributed by atoms with Gasteiger partial charge in [0, 0.05) is 22.3 Å². The fourth-order valence-corrected chi connectivity index (χ4v) is 4.12. The van der Waals surface area contributed by atoms with E-state index in [2.05, 4.69) is 4.98 Å². The van der Waals surface area contributed by atoms with Gasteiger partial charge in [0.25, 0.3) is 0 Å². The van der Waals surface area contributed by atoms with E-state index in [0.717, 1.165) is 11.1 Å². The fourth-order valence-electron chi connectivity index (χ4n) is 2.70. The topological polar surface area (TPSA) is 61.2 Å². The first-order valence-corrected chi connectivity index (χ1v) is 8.70. The lowest BCUT2D eigenvalue weighted by Crippen LogP contribution is -2.27. The molecule has 1 aromatic carbocycles. The maximum Gasteiger partial charge on any atom is 0.356 e. The van der Waals surface area contributed by atoms with Crippen molar-refractivity contribution in [3.05, 3.63) is 53.6 Å². The van der Waals surface area contributed by atoms with Crippen LogP contribution in [0.25, 0.3) is 0 Å². The van der Waals surface area contributed by atoms with Crippen LogP contribution in [0.5, 0.6) is 0 Å². The number of ether oxygens (including phenoxy) is 1. The standard InChI is InChI=1S/C16H18N2O3S/c1-11(2)21-16(19)14-7-17-10-18(14)15-9-22(20)8-12-5-3-4-6-13(12)15/h3-7,10-11,15H,8-9H2,1-2H3. The zero-order valence-electron chi connectivity index (χ0n) is 12.6. The number of nitrogens with zero attached hydrogens (tertiary/aromatic N) is 2. The molecule has 0 bridgehead atoms. The maximum atomic E-state index is 12.2. The Morgan fingerprint density at radius 3 is 2.95 bits per heavy atom. The van der Waals surface area contributed by atoms with Gasteiger partial charge >= 0.3 is 5.97 Å². The third-order valence-corrected chi connectivity index (χ3v) is 4.95. The number of fused-ring (bicyclic) bond motifs is 1. The molecule has 2 unspecified atom stereocenters. The molecular formula is C16H18N2O3S. The van der Waals surface area contributed by atoms with Crippen molar-refractivity contribution < 1.29 is 13.7 Å². The van der Waals surface area contributed by atoms with Gasteiger partial charge in [-0.25, -0.2) is 9.78 Å². The predicted molar refractivity (Wildman–Crippen MR) is 84.1 cm³/mol. The van der Waals surface area contributed by atoms with E-state index < -0.39 is 16.8 Å². The van der Waals surface area contributed by atoms with Crippen LogP contribution in [0.2, 0.25) is 0 Å². The zero-order valence-corrected chi connectivity index (χ0v) is 13.4. The Morgan fingerprint density at radius 2 is 2.18 bits per heavy atom. The molecule has 0 N–H and O–H groups in total. The van der Waals surface area contributed by atoms with Gasteiger partial charge in [-0.15, -0.1) is 0 Å². The molecule has 22 heavy (non-hydrogen) atoms. The van der Waals surface area contributed by atoms with E-state index in [1.165, 1.54) is 6.20 Å². The summed E-state index contributed by atoms with van der Waals surface area (Å²) in [6.45, 7) is 3.62. The van der Waals surface area contributed by atoms with Crippen molar-refractivity contribution in [3.63, 3.8) is 0 Å². The Morgan fingerprint density at radius 1 is 1.41 bits per heavy atom. The minimum atomic E-state index is -0.949. The van der Waals surface area contributed by atoms with Crippen LogP contribution in [0.1, 0.15) is 41.5 Å². The molecule has 0 radical (unpaired) electrons. The van der Waals surface area contributed by atoms with E-state index in [9.17, 15) is 9.00 Å². The van der Waals surface area contributed by atoms with Crippen molar-refractivity contribution in [2.24, 2.45) is 0 Å². The summed E-state index contributed by atoms with van der Waals surface area (Å²) >= 11 is 0. The number of carbonyl (C=O) groups is 1. The molecule has 2 heterocycles. The lowest BCUT2D eigenvalue weighted by molar-refractivity contribution is 0.0364. The van der Waals surface area contributed by atoms with Crippen LogP contribution in [0.3, 0.4) is 0 Å². The maximum absolute atomic E-state index is 12.2. The van der Waals surface area contributed by atoms with Crippen LogP contribution in [-0.2, 0) is 21.3 Å². The Balaban J connectivity index is 2.01. The first kappa shape index (κ1) is 15.0. The number of hydrogen-bond acceptors (Lipinski definition) is 4. The third kappa shape index (κ3) is 2.83. The average molecular weight is 318 g/mol. The lowest BCUT2D eigenvalue weighted by Gasteiger charge is -2.27. The lowest BCUT2D eigenvalue weighted by atomic mass is 10.0. The number of rotatable bonds is 3. The second kappa shape index (κ2) is 6.04. The van der Waals surface area contributed by atoms with E-state index in [-0.39, 0.29) is 12.1 Å². The van der Waals surface area contributed by atoms with E-state index >= 15 is 0 Å². The van der Waals surface area contributed by atoms with Crippen LogP contribution in [-0.4, -0.2) is 31.6 Å².